The van der Waals surface area contributed by atoms with Gasteiger partial charge in [-0.3, -0.25) is 0 Å². The fourth-order valence-corrected chi connectivity index (χ4v) is 5.74. The molecule has 0 fully saturated rings. The number of hydrogen-bond donors (Lipinski definition) is 2. The lowest BCUT2D eigenvalue weighted by Gasteiger charge is -2.20. The molecular weight excluding hydrogens is 448 g/mol. The van der Waals surface area contributed by atoms with Crippen molar-refractivity contribution in [2.75, 3.05) is 0 Å². The van der Waals surface area contributed by atoms with Crippen LogP contribution in [-0.4, -0.2) is 0 Å². The lowest BCUT2D eigenvalue weighted by Crippen LogP contribution is -1.97. The van der Waals surface area contributed by atoms with Crippen LogP contribution >= 0.6 is 25.3 Å². The summed E-state index contributed by atoms with van der Waals surface area (Å²) in [7, 11) is 0. The third-order valence-electron chi connectivity index (χ3n) is 7.49. The van der Waals surface area contributed by atoms with Gasteiger partial charge in [0.1, 0.15) is 0 Å². The summed E-state index contributed by atoms with van der Waals surface area (Å²) in [6.07, 6.45) is 6.86. The van der Waals surface area contributed by atoms with E-state index >= 15 is 0 Å². The van der Waals surface area contributed by atoms with Gasteiger partial charge in [0.05, 0.1) is 0 Å². The fraction of sp³-hybridized carbons (Fsp3) is 0.375. The Labute approximate surface area is 217 Å². The molecular formula is C32H38S2. The van der Waals surface area contributed by atoms with Crippen molar-refractivity contribution in [2.24, 2.45) is 0 Å². The van der Waals surface area contributed by atoms with Crippen molar-refractivity contribution in [2.45, 2.75) is 89.9 Å². The van der Waals surface area contributed by atoms with Gasteiger partial charge < -0.3 is 0 Å². The number of aryl methyl sites for hydroxylation is 6. The Hall–Kier alpha value is -1.90. The van der Waals surface area contributed by atoms with E-state index in [1.165, 1.54) is 91.7 Å². The fourth-order valence-electron chi connectivity index (χ4n) is 5.02. The summed E-state index contributed by atoms with van der Waals surface area (Å²) in [6, 6.07) is 14.3. The normalized spacial score (nSPS) is 11.6. The van der Waals surface area contributed by atoms with Crippen LogP contribution in [0.25, 0.3) is 32.7 Å². The summed E-state index contributed by atoms with van der Waals surface area (Å²) in [5.74, 6) is 0. The van der Waals surface area contributed by atoms with Crippen LogP contribution in [0.5, 0.6) is 0 Å². The molecule has 0 radical (unpaired) electrons. The van der Waals surface area contributed by atoms with Crippen LogP contribution < -0.4 is 0 Å². The predicted molar refractivity (Wildman–Crippen MR) is 158 cm³/mol. The first kappa shape index (κ1) is 25.2. The molecule has 0 aliphatic rings. The van der Waals surface area contributed by atoms with Gasteiger partial charge in [-0.1, -0.05) is 51.0 Å². The number of unbranched alkanes of at least 4 members (excludes halogenated alkanes) is 2. The molecule has 2 heteroatoms. The monoisotopic (exact) mass is 486 g/mol. The summed E-state index contributed by atoms with van der Waals surface area (Å²) < 4.78 is 0. The predicted octanol–water partition coefficient (Wildman–Crippen LogP) is 10.2. The van der Waals surface area contributed by atoms with E-state index in [9.17, 15) is 0 Å². The Morgan fingerprint density at radius 1 is 0.500 bits per heavy atom. The quantitative estimate of drug-likeness (QED) is 0.238. The molecule has 4 aromatic carbocycles. The maximum absolute atomic E-state index is 5.05. The standard InChI is InChI=1S/C32H38S2/c1-7-9-11-23-17-27(25-13-19(3)21(5)15-29(25)31(23)33)28-18-24(12-10-8-2)32(34)30-16-22(6)20(4)14-26(28)30/h13-18,33-34H,7-12H2,1-6H3. The minimum absolute atomic E-state index is 1.06. The first-order valence-electron chi connectivity index (χ1n) is 12.8. The van der Waals surface area contributed by atoms with Crippen molar-refractivity contribution in [3.8, 4) is 11.1 Å². The van der Waals surface area contributed by atoms with Crippen LogP contribution in [0.3, 0.4) is 0 Å². The van der Waals surface area contributed by atoms with E-state index in [4.69, 9.17) is 25.3 Å². The second kappa shape index (κ2) is 10.4. The molecule has 34 heavy (non-hydrogen) atoms. The Kier molecular flexibility index (Phi) is 7.69. The van der Waals surface area contributed by atoms with Crippen molar-refractivity contribution in [1.29, 1.82) is 0 Å². The molecule has 0 aliphatic heterocycles. The van der Waals surface area contributed by atoms with Crippen LogP contribution in [0, 0.1) is 27.7 Å². The zero-order valence-corrected chi connectivity index (χ0v) is 23.4. The topological polar surface area (TPSA) is 0 Å². The molecule has 4 aromatic rings. The summed E-state index contributed by atoms with van der Waals surface area (Å²) in [4.78, 5) is 2.28. The van der Waals surface area contributed by atoms with E-state index < -0.39 is 0 Å². The number of benzene rings is 4. The van der Waals surface area contributed by atoms with Gasteiger partial charge in [0.2, 0.25) is 0 Å². The van der Waals surface area contributed by atoms with Gasteiger partial charge >= 0.3 is 0 Å². The average Bonchev–Trinajstić information content (AvgIpc) is 2.81. The molecule has 0 saturated heterocycles. The molecule has 0 nitrogen and oxygen atoms in total. The largest absolute Gasteiger partial charge is 0.143 e. The lowest BCUT2D eigenvalue weighted by molar-refractivity contribution is 0.786. The van der Waals surface area contributed by atoms with E-state index in [1.807, 2.05) is 0 Å². The highest BCUT2D eigenvalue weighted by Gasteiger charge is 2.18. The van der Waals surface area contributed by atoms with Crippen molar-refractivity contribution in [3.63, 3.8) is 0 Å². The third-order valence-corrected chi connectivity index (χ3v) is 8.55. The molecule has 0 aliphatic carbocycles. The minimum Gasteiger partial charge on any atom is -0.143 e. The summed E-state index contributed by atoms with van der Waals surface area (Å²) in [5.41, 5.74) is 10.7. The zero-order valence-electron chi connectivity index (χ0n) is 21.6. The lowest BCUT2D eigenvalue weighted by atomic mass is 9.87. The average molecular weight is 487 g/mol. The molecule has 0 aromatic heterocycles. The summed E-state index contributed by atoms with van der Waals surface area (Å²) in [6.45, 7) is 13.4. The van der Waals surface area contributed by atoms with Gasteiger partial charge in [0.25, 0.3) is 0 Å². The van der Waals surface area contributed by atoms with Gasteiger partial charge in [-0.05, 0) is 132 Å². The first-order valence-corrected chi connectivity index (χ1v) is 13.7. The van der Waals surface area contributed by atoms with E-state index in [2.05, 4.69) is 77.9 Å². The third kappa shape index (κ3) is 4.64. The molecule has 0 spiro atoms. The Morgan fingerprint density at radius 2 is 0.824 bits per heavy atom. The van der Waals surface area contributed by atoms with Gasteiger partial charge in [-0.2, -0.15) is 0 Å². The highest BCUT2D eigenvalue weighted by atomic mass is 32.1. The van der Waals surface area contributed by atoms with Crippen molar-refractivity contribution < 1.29 is 0 Å². The smallest absolute Gasteiger partial charge is 0.0151 e. The second-order valence-corrected chi connectivity index (χ2v) is 10.9. The highest BCUT2D eigenvalue weighted by molar-refractivity contribution is 7.80. The molecule has 0 bridgehead atoms. The van der Waals surface area contributed by atoms with Crippen LogP contribution in [0.2, 0.25) is 0 Å². The van der Waals surface area contributed by atoms with E-state index in [0.717, 1.165) is 22.6 Å². The Bertz CT molecular complexity index is 1270. The number of fused-ring (bicyclic) bond motifs is 2. The van der Waals surface area contributed by atoms with Crippen LogP contribution in [0.4, 0.5) is 0 Å². The second-order valence-electron chi connectivity index (χ2n) is 10.0. The van der Waals surface area contributed by atoms with Crippen molar-refractivity contribution in [1.82, 2.24) is 0 Å². The molecule has 0 atom stereocenters. The SMILES string of the molecule is CCCCc1cc(-c2cc(CCCC)c(S)c3cc(C)c(C)cc23)c2cc(C)c(C)cc2c1S. The zero-order chi connectivity index (χ0) is 24.6. The first-order chi connectivity index (χ1) is 16.3. The molecule has 178 valence electrons. The molecule has 0 unspecified atom stereocenters. The van der Waals surface area contributed by atoms with Gasteiger partial charge in [-0.15, -0.1) is 25.3 Å². The van der Waals surface area contributed by atoms with E-state index in [-0.39, 0.29) is 0 Å². The number of hydrogen-bond acceptors (Lipinski definition) is 2. The molecule has 0 N–H and O–H groups in total. The molecule has 0 saturated carbocycles. The summed E-state index contributed by atoms with van der Waals surface area (Å²) >= 11 is 10.1. The van der Waals surface area contributed by atoms with Crippen molar-refractivity contribution in [3.05, 3.63) is 69.8 Å². The number of thiol groups is 2. The molecule has 0 heterocycles. The summed E-state index contributed by atoms with van der Waals surface area (Å²) in [5, 5.41) is 5.16. The van der Waals surface area contributed by atoms with Gasteiger partial charge in [0, 0.05) is 9.79 Å². The van der Waals surface area contributed by atoms with Gasteiger partial charge in [-0.25, -0.2) is 0 Å². The van der Waals surface area contributed by atoms with Gasteiger partial charge in [0.15, 0.2) is 0 Å². The van der Waals surface area contributed by atoms with Crippen LogP contribution in [0.15, 0.2) is 46.2 Å². The van der Waals surface area contributed by atoms with E-state index in [1.54, 1.807) is 0 Å². The Morgan fingerprint density at radius 3 is 1.15 bits per heavy atom. The molecule has 4 rings (SSSR count). The highest BCUT2D eigenvalue weighted by Crippen LogP contribution is 2.43. The van der Waals surface area contributed by atoms with Crippen LogP contribution in [-0.2, 0) is 12.8 Å². The van der Waals surface area contributed by atoms with Crippen molar-refractivity contribution >= 4 is 46.8 Å². The van der Waals surface area contributed by atoms with Crippen LogP contribution in [0.1, 0.15) is 72.9 Å². The number of rotatable bonds is 7. The minimum atomic E-state index is 1.06. The molecule has 0 amide bonds. The van der Waals surface area contributed by atoms with E-state index in [0.29, 0.717) is 0 Å². The Balaban J connectivity index is 2.14. The maximum atomic E-state index is 5.05. The maximum Gasteiger partial charge on any atom is 0.0151 e.